The Morgan fingerprint density at radius 3 is 2.29 bits per heavy atom. The first-order valence-electron chi connectivity index (χ1n) is 7.40. The van der Waals surface area contributed by atoms with Gasteiger partial charge in [-0.05, 0) is 42.3 Å². The molecule has 1 N–H and O–H groups in total. The molecule has 3 nitrogen and oxygen atoms in total. The number of nitrogens with one attached hydrogen (secondary N) is 1. The third-order valence-corrected chi connectivity index (χ3v) is 5.30. The number of aryl methyl sites for hydroxylation is 1. The summed E-state index contributed by atoms with van der Waals surface area (Å²) in [7, 11) is -3.69. The Morgan fingerprint density at radius 2 is 1.62 bits per heavy atom. The molecular weight excluding hydrogens is 342 g/mol. The van der Waals surface area contributed by atoms with E-state index in [1.807, 2.05) is 43.3 Å². The van der Waals surface area contributed by atoms with Crippen LogP contribution in [0.5, 0.6) is 0 Å². The van der Waals surface area contributed by atoms with Crippen LogP contribution in [0.25, 0.3) is 11.1 Å². The molecule has 0 amide bonds. The Hall–Kier alpha value is -2.30. The normalized spacial score (nSPS) is 11.2. The Bertz CT molecular complexity index is 970. The van der Waals surface area contributed by atoms with Crippen molar-refractivity contribution in [3.63, 3.8) is 0 Å². The van der Waals surface area contributed by atoms with Crippen molar-refractivity contribution in [2.75, 3.05) is 4.72 Å². The van der Waals surface area contributed by atoms with Crippen LogP contribution < -0.4 is 4.72 Å². The number of sulfonamides is 1. The lowest BCUT2D eigenvalue weighted by atomic mass is 10.1. The smallest absolute Gasteiger partial charge is 0.261 e. The highest BCUT2D eigenvalue weighted by Crippen LogP contribution is 2.30. The summed E-state index contributed by atoms with van der Waals surface area (Å²) >= 11 is 6.31. The van der Waals surface area contributed by atoms with Gasteiger partial charge in [-0.2, -0.15) is 0 Å². The molecule has 0 aliphatic rings. The number of hydrogen-bond donors (Lipinski definition) is 1. The van der Waals surface area contributed by atoms with E-state index in [0.717, 1.165) is 16.7 Å². The van der Waals surface area contributed by atoms with E-state index in [-0.39, 0.29) is 4.90 Å². The van der Waals surface area contributed by atoms with Crippen molar-refractivity contribution in [2.45, 2.75) is 11.8 Å². The topological polar surface area (TPSA) is 46.2 Å². The Balaban J connectivity index is 1.93. The van der Waals surface area contributed by atoms with Crippen LogP contribution in [0.4, 0.5) is 5.69 Å². The first-order valence-corrected chi connectivity index (χ1v) is 9.26. The molecule has 0 spiro atoms. The third kappa shape index (κ3) is 3.61. The molecule has 0 heterocycles. The lowest BCUT2D eigenvalue weighted by Gasteiger charge is -2.11. The van der Waals surface area contributed by atoms with Gasteiger partial charge in [-0.25, -0.2) is 8.42 Å². The SMILES string of the molecule is Cc1cccc(NS(=O)(=O)c2ccc(-c3ccccc3)c(Cl)c2)c1. The van der Waals surface area contributed by atoms with E-state index in [0.29, 0.717) is 10.7 Å². The van der Waals surface area contributed by atoms with Crippen molar-refractivity contribution in [1.82, 2.24) is 0 Å². The fourth-order valence-corrected chi connectivity index (χ4v) is 3.87. The molecule has 0 fully saturated rings. The molecule has 3 aromatic carbocycles. The first-order chi connectivity index (χ1) is 11.5. The van der Waals surface area contributed by atoms with Crippen LogP contribution in [-0.2, 0) is 10.0 Å². The highest BCUT2D eigenvalue weighted by Gasteiger charge is 2.16. The molecule has 3 aromatic rings. The molecule has 0 atom stereocenters. The maximum atomic E-state index is 12.5. The number of hydrogen-bond acceptors (Lipinski definition) is 2. The van der Waals surface area contributed by atoms with E-state index < -0.39 is 10.0 Å². The third-order valence-electron chi connectivity index (χ3n) is 3.61. The highest BCUT2D eigenvalue weighted by molar-refractivity contribution is 7.92. The van der Waals surface area contributed by atoms with Gasteiger partial charge in [0.15, 0.2) is 0 Å². The maximum absolute atomic E-state index is 12.5. The van der Waals surface area contributed by atoms with Gasteiger partial charge in [0.25, 0.3) is 10.0 Å². The van der Waals surface area contributed by atoms with Crippen LogP contribution in [0, 0.1) is 6.92 Å². The quantitative estimate of drug-likeness (QED) is 0.704. The van der Waals surface area contributed by atoms with Gasteiger partial charge in [-0.15, -0.1) is 0 Å². The van der Waals surface area contributed by atoms with Gasteiger partial charge in [0.1, 0.15) is 0 Å². The summed E-state index contributed by atoms with van der Waals surface area (Å²) in [6.45, 7) is 1.91. The monoisotopic (exact) mass is 357 g/mol. The molecule has 5 heteroatoms. The Kier molecular flexibility index (Phi) is 4.60. The Morgan fingerprint density at radius 1 is 0.875 bits per heavy atom. The van der Waals surface area contributed by atoms with Gasteiger partial charge in [-0.1, -0.05) is 60.1 Å². The number of rotatable bonds is 4. The van der Waals surface area contributed by atoms with Crippen LogP contribution >= 0.6 is 11.6 Å². The largest absolute Gasteiger partial charge is 0.280 e. The molecule has 0 saturated heterocycles. The maximum Gasteiger partial charge on any atom is 0.261 e. The molecule has 0 aliphatic heterocycles. The van der Waals surface area contributed by atoms with E-state index >= 15 is 0 Å². The van der Waals surface area contributed by atoms with E-state index in [4.69, 9.17) is 11.6 Å². The summed E-state index contributed by atoms with van der Waals surface area (Å²) in [6.07, 6.45) is 0. The second-order valence-electron chi connectivity index (χ2n) is 5.48. The van der Waals surface area contributed by atoms with Crippen molar-refractivity contribution >= 4 is 27.3 Å². The van der Waals surface area contributed by atoms with Gasteiger partial charge in [0.2, 0.25) is 0 Å². The molecule has 0 unspecified atom stereocenters. The number of halogens is 1. The molecule has 3 rings (SSSR count). The molecule has 0 bridgehead atoms. The Labute approximate surface area is 147 Å². The minimum Gasteiger partial charge on any atom is -0.280 e. The number of benzene rings is 3. The summed E-state index contributed by atoms with van der Waals surface area (Å²) in [5, 5.41) is 0.397. The van der Waals surface area contributed by atoms with Gasteiger partial charge in [0, 0.05) is 16.3 Å². The van der Waals surface area contributed by atoms with E-state index in [2.05, 4.69) is 4.72 Å². The minimum absolute atomic E-state index is 0.133. The summed E-state index contributed by atoms with van der Waals surface area (Å²) in [5.74, 6) is 0. The summed E-state index contributed by atoms with van der Waals surface area (Å²) < 4.78 is 27.7. The predicted octanol–water partition coefficient (Wildman–Crippen LogP) is 5.12. The highest BCUT2D eigenvalue weighted by atomic mass is 35.5. The van der Waals surface area contributed by atoms with Crippen LogP contribution in [0.15, 0.2) is 77.7 Å². The van der Waals surface area contributed by atoms with Crippen molar-refractivity contribution in [1.29, 1.82) is 0 Å². The van der Waals surface area contributed by atoms with Crippen LogP contribution in [0.3, 0.4) is 0 Å². The van der Waals surface area contributed by atoms with Crippen LogP contribution in [-0.4, -0.2) is 8.42 Å². The van der Waals surface area contributed by atoms with E-state index in [1.165, 1.54) is 6.07 Å². The average Bonchev–Trinajstić information content (AvgIpc) is 2.55. The molecular formula is C19H16ClNO2S. The zero-order valence-electron chi connectivity index (χ0n) is 13.0. The summed E-state index contributed by atoms with van der Waals surface area (Å²) in [5.41, 5.74) is 3.25. The first kappa shape index (κ1) is 16.6. The predicted molar refractivity (Wildman–Crippen MR) is 98.9 cm³/mol. The molecule has 0 radical (unpaired) electrons. The number of anilines is 1. The summed E-state index contributed by atoms with van der Waals surface area (Å²) in [4.78, 5) is 0.133. The lowest BCUT2D eigenvalue weighted by molar-refractivity contribution is 0.601. The second-order valence-corrected chi connectivity index (χ2v) is 7.57. The lowest BCUT2D eigenvalue weighted by Crippen LogP contribution is -2.13. The van der Waals surface area contributed by atoms with E-state index in [9.17, 15) is 8.42 Å². The van der Waals surface area contributed by atoms with Gasteiger partial charge in [0.05, 0.1) is 4.90 Å². The average molecular weight is 358 g/mol. The standard InChI is InChI=1S/C19H16ClNO2S/c1-14-6-5-9-16(12-14)21-24(22,23)17-10-11-18(19(20)13-17)15-7-3-2-4-8-15/h2-13,21H,1H3. The van der Waals surface area contributed by atoms with Crippen molar-refractivity contribution in [2.24, 2.45) is 0 Å². The fourth-order valence-electron chi connectivity index (χ4n) is 2.44. The summed E-state index contributed by atoms with van der Waals surface area (Å²) in [6, 6.07) is 21.6. The molecule has 0 aliphatic carbocycles. The second kappa shape index (κ2) is 6.67. The minimum atomic E-state index is -3.69. The molecule has 0 saturated carbocycles. The van der Waals surface area contributed by atoms with Crippen LogP contribution in [0.1, 0.15) is 5.56 Å². The van der Waals surface area contributed by atoms with Crippen LogP contribution in [0.2, 0.25) is 5.02 Å². The zero-order valence-corrected chi connectivity index (χ0v) is 14.6. The fraction of sp³-hybridized carbons (Fsp3) is 0.0526. The van der Waals surface area contributed by atoms with E-state index in [1.54, 1.807) is 30.3 Å². The molecule has 122 valence electrons. The van der Waals surface area contributed by atoms with Crippen molar-refractivity contribution in [3.8, 4) is 11.1 Å². The van der Waals surface area contributed by atoms with Gasteiger partial charge >= 0.3 is 0 Å². The van der Waals surface area contributed by atoms with Gasteiger partial charge in [-0.3, -0.25) is 4.72 Å². The van der Waals surface area contributed by atoms with Crippen molar-refractivity contribution < 1.29 is 8.42 Å². The molecule has 24 heavy (non-hydrogen) atoms. The zero-order chi connectivity index (χ0) is 17.2. The van der Waals surface area contributed by atoms with Crippen molar-refractivity contribution in [3.05, 3.63) is 83.4 Å². The van der Waals surface area contributed by atoms with Gasteiger partial charge < -0.3 is 0 Å². The molecule has 0 aromatic heterocycles.